The summed E-state index contributed by atoms with van der Waals surface area (Å²) < 4.78 is 0. The van der Waals surface area contributed by atoms with Crippen LogP contribution in [0.2, 0.25) is 0 Å². The Morgan fingerprint density at radius 2 is 1.83 bits per heavy atom. The average molecular weight is 240 g/mol. The first kappa shape index (κ1) is 11.7. The van der Waals surface area contributed by atoms with E-state index in [1.807, 2.05) is 0 Å². The number of hydrogen-bond acceptors (Lipinski definition) is 2. The van der Waals surface area contributed by atoms with Crippen LogP contribution in [0.4, 0.5) is 0 Å². The summed E-state index contributed by atoms with van der Waals surface area (Å²) in [5.74, 6) is 0. The van der Waals surface area contributed by atoms with Crippen LogP contribution in [-0.4, -0.2) is 11.0 Å². The van der Waals surface area contributed by atoms with Gasteiger partial charge in [-0.05, 0) is 68.5 Å². The minimum absolute atomic E-state index is 0.750. The van der Waals surface area contributed by atoms with Crippen molar-refractivity contribution < 1.29 is 0 Å². The molecule has 0 unspecified atom stereocenters. The molecule has 0 bridgehead atoms. The standard InChI is InChI=1S/C16H20N2/c1-10-6-15-13(9-17-14-4-5-14)8-12(3)18-16(15)7-11(10)2/h6-8,14,17H,4-5,9H2,1-3H3. The Labute approximate surface area is 108 Å². The minimum atomic E-state index is 0.750. The highest BCUT2D eigenvalue weighted by Gasteiger charge is 2.20. The maximum Gasteiger partial charge on any atom is 0.0711 e. The summed E-state index contributed by atoms with van der Waals surface area (Å²) in [4.78, 5) is 4.65. The molecule has 3 rings (SSSR count). The van der Waals surface area contributed by atoms with E-state index in [0.29, 0.717) is 0 Å². The molecule has 1 N–H and O–H groups in total. The van der Waals surface area contributed by atoms with Gasteiger partial charge < -0.3 is 5.32 Å². The summed E-state index contributed by atoms with van der Waals surface area (Å²) >= 11 is 0. The lowest BCUT2D eigenvalue weighted by Crippen LogP contribution is -2.15. The average Bonchev–Trinajstić information content (AvgIpc) is 3.12. The zero-order valence-corrected chi connectivity index (χ0v) is 11.4. The van der Waals surface area contributed by atoms with Crippen molar-refractivity contribution in [3.8, 4) is 0 Å². The van der Waals surface area contributed by atoms with Crippen LogP contribution in [0.25, 0.3) is 10.9 Å². The van der Waals surface area contributed by atoms with Crippen LogP contribution >= 0.6 is 0 Å². The topological polar surface area (TPSA) is 24.9 Å². The summed E-state index contributed by atoms with van der Waals surface area (Å²) in [5.41, 5.74) is 6.29. The predicted molar refractivity (Wildman–Crippen MR) is 75.8 cm³/mol. The SMILES string of the molecule is Cc1cc(CNC2CC2)c2cc(C)c(C)cc2n1. The molecule has 1 fully saturated rings. The first-order valence-corrected chi connectivity index (χ1v) is 6.74. The number of fused-ring (bicyclic) bond motifs is 1. The molecular weight excluding hydrogens is 220 g/mol. The van der Waals surface area contributed by atoms with Crippen LogP contribution in [0.1, 0.15) is 35.2 Å². The molecule has 1 aromatic heterocycles. The highest BCUT2D eigenvalue weighted by Crippen LogP contribution is 2.24. The third kappa shape index (κ3) is 2.25. The van der Waals surface area contributed by atoms with Crippen LogP contribution < -0.4 is 5.32 Å². The largest absolute Gasteiger partial charge is 0.310 e. The predicted octanol–water partition coefficient (Wildman–Crippen LogP) is 3.41. The summed E-state index contributed by atoms with van der Waals surface area (Å²) in [6, 6.07) is 7.45. The number of rotatable bonds is 3. The van der Waals surface area contributed by atoms with Crippen molar-refractivity contribution in [1.82, 2.24) is 10.3 Å². The Morgan fingerprint density at radius 1 is 1.11 bits per heavy atom. The van der Waals surface area contributed by atoms with E-state index in [-0.39, 0.29) is 0 Å². The molecule has 2 nitrogen and oxygen atoms in total. The Balaban J connectivity index is 2.06. The molecule has 1 heterocycles. The molecule has 1 aliphatic rings. The fourth-order valence-electron chi connectivity index (χ4n) is 2.39. The summed E-state index contributed by atoms with van der Waals surface area (Å²) in [6.45, 7) is 7.37. The second-order valence-electron chi connectivity index (χ2n) is 5.53. The van der Waals surface area contributed by atoms with Crippen LogP contribution in [0, 0.1) is 20.8 Å². The van der Waals surface area contributed by atoms with Gasteiger partial charge in [-0.3, -0.25) is 4.98 Å². The fourth-order valence-corrected chi connectivity index (χ4v) is 2.39. The van der Waals surface area contributed by atoms with Crippen molar-refractivity contribution in [3.63, 3.8) is 0 Å². The molecule has 0 spiro atoms. The van der Waals surface area contributed by atoms with Crippen molar-refractivity contribution >= 4 is 10.9 Å². The Bertz CT molecular complexity index is 598. The fraction of sp³-hybridized carbons (Fsp3) is 0.438. The zero-order valence-electron chi connectivity index (χ0n) is 11.4. The molecular formula is C16H20N2. The molecule has 0 amide bonds. The highest BCUT2D eigenvalue weighted by atomic mass is 14.9. The van der Waals surface area contributed by atoms with Crippen molar-refractivity contribution in [1.29, 1.82) is 0 Å². The van der Waals surface area contributed by atoms with E-state index in [2.05, 4.69) is 49.3 Å². The van der Waals surface area contributed by atoms with Crippen LogP contribution in [0.15, 0.2) is 18.2 Å². The zero-order chi connectivity index (χ0) is 12.7. The van der Waals surface area contributed by atoms with Crippen molar-refractivity contribution in [3.05, 3.63) is 40.6 Å². The van der Waals surface area contributed by atoms with Crippen LogP contribution in [0.3, 0.4) is 0 Å². The molecule has 18 heavy (non-hydrogen) atoms. The molecule has 0 atom stereocenters. The Hall–Kier alpha value is -1.41. The number of hydrogen-bond donors (Lipinski definition) is 1. The summed E-state index contributed by atoms with van der Waals surface area (Å²) in [6.07, 6.45) is 2.67. The van der Waals surface area contributed by atoms with Gasteiger partial charge in [-0.25, -0.2) is 0 Å². The monoisotopic (exact) mass is 240 g/mol. The van der Waals surface area contributed by atoms with Gasteiger partial charge >= 0.3 is 0 Å². The lowest BCUT2D eigenvalue weighted by molar-refractivity contribution is 0.690. The summed E-state index contributed by atoms with van der Waals surface area (Å²) in [7, 11) is 0. The van der Waals surface area contributed by atoms with Crippen molar-refractivity contribution in [2.45, 2.75) is 46.2 Å². The van der Waals surface area contributed by atoms with Gasteiger partial charge in [-0.2, -0.15) is 0 Å². The van der Waals surface area contributed by atoms with E-state index in [1.54, 1.807) is 0 Å². The molecule has 2 aromatic rings. The number of nitrogens with zero attached hydrogens (tertiary/aromatic N) is 1. The molecule has 1 aromatic carbocycles. The van der Waals surface area contributed by atoms with Crippen molar-refractivity contribution in [2.24, 2.45) is 0 Å². The maximum absolute atomic E-state index is 4.65. The third-order valence-corrected chi connectivity index (χ3v) is 3.80. The highest BCUT2D eigenvalue weighted by molar-refractivity contribution is 5.84. The van der Waals surface area contributed by atoms with Gasteiger partial charge in [-0.15, -0.1) is 0 Å². The Kier molecular flexibility index (Phi) is 2.83. The lowest BCUT2D eigenvalue weighted by atomic mass is 10.0. The first-order chi connectivity index (χ1) is 8.63. The number of nitrogens with one attached hydrogen (secondary N) is 1. The second kappa shape index (κ2) is 4.36. The second-order valence-corrected chi connectivity index (χ2v) is 5.53. The first-order valence-electron chi connectivity index (χ1n) is 6.74. The van der Waals surface area contributed by atoms with Crippen molar-refractivity contribution in [2.75, 3.05) is 0 Å². The number of aromatic nitrogens is 1. The third-order valence-electron chi connectivity index (χ3n) is 3.80. The van der Waals surface area contributed by atoms with E-state index in [1.165, 1.54) is 34.9 Å². The van der Waals surface area contributed by atoms with E-state index in [9.17, 15) is 0 Å². The minimum Gasteiger partial charge on any atom is -0.310 e. The van der Waals surface area contributed by atoms with E-state index < -0.39 is 0 Å². The smallest absolute Gasteiger partial charge is 0.0711 e. The van der Waals surface area contributed by atoms with Crippen LogP contribution in [-0.2, 0) is 6.54 Å². The van der Waals surface area contributed by atoms with Crippen LogP contribution in [0.5, 0.6) is 0 Å². The van der Waals surface area contributed by atoms with E-state index >= 15 is 0 Å². The number of pyridine rings is 1. The van der Waals surface area contributed by atoms with Gasteiger partial charge in [0.2, 0.25) is 0 Å². The van der Waals surface area contributed by atoms with Gasteiger partial charge in [-0.1, -0.05) is 0 Å². The quantitative estimate of drug-likeness (QED) is 0.889. The summed E-state index contributed by atoms with van der Waals surface area (Å²) in [5, 5.41) is 4.90. The van der Waals surface area contributed by atoms with Gasteiger partial charge in [0.1, 0.15) is 0 Å². The van der Waals surface area contributed by atoms with E-state index in [4.69, 9.17) is 0 Å². The number of benzene rings is 1. The Morgan fingerprint density at radius 3 is 2.56 bits per heavy atom. The molecule has 94 valence electrons. The number of aryl methyl sites for hydroxylation is 3. The van der Waals surface area contributed by atoms with E-state index in [0.717, 1.165) is 23.8 Å². The lowest BCUT2D eigenvalue weighted by Gasteiger charge is -2.11. The van der Waals surface area contributed by atoms with Gasteiger partial charge in [0.05, 0.1) is 5.52 Å². The molecule has 2 heteroatoms. The maximum atomic E-state index is 4.65. The molecule has 1 aliphatic carbocycles. The van der Waals surface area contributed by atoms with Gasteiger partial charge in [0, 0.05) is 23.7 Å². The van der Waals surface area contributed by atoms with Gasteiger partial charge in [0.15, 0.2) is 0 Å². The molecule has 0 saturated heterocycles. The molecule has 0 radical (unpaired) electrons. The van der Waals surface area contributed by atoms with Gasteiger partial charge in [0.25, 0.3) is 0 Å². The molecule has 1 saturated carbocycles. The normalized spacial score (nSPS) is 15.3. The molecule has 0 aliphatic heterocycles.